The van der Waals surface area contributed by atoms with Crippen molar-refractivity contribution >= 4 is 17.7 Å². The van der Waals surface area contributed by atoms with Gasteiger partial charge in [0.1, 0.15) is 0 Å². The van der Waals surface area contributed by atoms with E-state index in [4.69, 9.17) is 4.74 Å². The van der Waals surface area contributed by atoms with Crippen LogP contribution in [0.5, 0.6) is 0 Å². The molecule has 6 heteroatoms. The fraction of sp³-hybridized carbons (Fsp3) is 0.684. The highest BCUT2D eigenvalue weighted by Crippen LogP contribution is 2.39. The van der Waals surface area contributed by atoms with Gasteiger partial charge in [0.15, 0.2) is 0 Å². The van der Waals surface area contributed by atoms with E-state index >= 15 is 0 Å². The van der Waals surface area contributed by atoms with E-state index in [2.05, 4.69) is 29.0 Å². The molecule has 3 rings (SSSR count). The third kappa shape index (κ3) is 5.19. The molecule has 0 bridgehead atoms. The molecule has 1 atom stereocenters. The number of carbonyl (C=O) groups is 1. The molecule has 1 aromatic heterocycles. The summed E-state index contributed by atoms with van der Waals surface area (Å²) in [7, 11) is 0. The molecule has 2 aliphatic rings. The maximum Gasteiger partial charge on any atom is 0.230 e. The molecule has 2 fully saturated rings. The number of ether oxygens (including phenoxy) is 1. The Bertz CT molecular complexity index is 559. The van der Waals surface area contributed by atoms with Crippen molar-refractivity contribution < 1.29 is 9.53 Å². The lowest BCUT2D eigenvalue weighted by atomic mass is 9.88. The number of aromatic nitrogens is 1. The summed E-state index contributed by atoms with van der Waals surface area (Å²) < 4.78 is 6.37. The standard InChI is InChI=1S/C19H29N3O2S/c1-15(2)22-11-7-19(8-12-22)6-3-16(24-19)13-21-18(23)14-25-17-4-9-20-10-5-17/h4-5,9-10,15-16H,3,6-8,11-14H2,1-2H3,(H,21,23)/t16-/m0/s1. The minimum atomic E-state index is 0.0621. The number of nitrogens with zero attached hydrogens (tertiary/aromatic N) is 2. The number of amides is 1. The molecule has 0 saturated carbocycles. The van der Waals surface area contributed by atoms with Crippen molar-refractivity contribution in [3.63, 3.8) is 0 Å². The summed E-state index contributed by atoms with van der Waals surface area (Å²) in [5.41, 5.74) is 0.0621. The first kappa shape index (κ1) is 18.7. The summed E-state index contributed by atoms with van der Waals surface area (Å²) in [6.45, 7) is 7.40. The van der Waals surface area contributed by atoms with Gasteiger partial charge in [-0.2, -0.15) is 0 Å². The van der Waals surface area contributed by atoms with E-state index in [0.717, 1.165) is 43.7 Å². The smallest absolute Gasteiger partial charge is 0.230 e. The number of nitrogens with one attached hydrogen (secondary N) is 1. The van der Waals surface area contributed by atoms with Gasteiger partial charge in [0, 0.05) is 43.0 Å². The second-order valence-electron chi connectivity index (χ2n) is 7.37. The third-order valence-electron chi connectivity index (χ3n) is 5.32. The number of hydrogen-bond acceptors (Lipinski definition) is 5. The summed E-state index contributed by atoms with van der Waals surface area (Å²) >= 11 is 1.54. The first-order valence-corrected chi connectivity index (χ1v) is 10.3. The van der Waals surface area contributed by atoms with Crippen LogP contribution in [0.2, 0.25) is 0 Å². The zero-order valence-electron chi connectivity index (χ0n) is 15.2. The Hall–Kier alpha value is -1.11. The molecule has 0 aromatic carbocycles. The van der Waals surface area contributed by atoms with Gasteiger partial charge in [-0.05, 0) is 51.7 Å². The fourth-order valence-electron chi connectivity index (χ4n) is 3.72. The largest absolute Gasteiger partial charge is 0.370 e. The summed E-state index contributed by atoms with van der Waals surface area (Å²) in [4.78, 5) is 19.6. The number of thioether (sulfide) groups is 1. The molecule has 25 heavy (non-hydrogen) atoms. The van der Waals surface area contributed by atoms with Crippen molar-refractivity contribution in [3.05, 3.63) is 24.5 Å². The molecule has 2 saturated heterocycles. The van der Waals surface area contributed by atoms with Crippen LogP contribution in [0.15, 0.2) is 29.4 Å². The van der Waals surface area contributed by atoms with E-state index in [1.54, 1.807) is 12.4 Å². The Morgan fingerprint density at radius 2 is 2.08 bits per heavy atom. The van der Waals surface area contributed by atoms with Crippen LogP contribution in [0.4, 0.5) is 0 Å². The normalized spacial score (nSPS) is 23.2. The molecule has 0 radical (unpaired) electrons. The second-order valence-corrected chi connectivity index (χ2v) is 8.42. The number of pyridine rings is 1. The van der Waals surface area contributed by atoms with Crippen molar-refractivity contribution in [2.45, 2.75) is 62.2 Å². The van der Waals surface area contributed by atoms with Gasteiger partial charge in [-0.3, -0.25) is 9.78 Å². The lowest BCUT2D eigenvalue weighted by Crippen LogP contribution is -2.47. The van der Waals surface area contributed by atoms with Gasteiger partial charge in [-0.15, -0.1) is 11.8 Å². The molecule has 0 unspecified atom stereocenters. The number of piperidine rings is 1. The van der Waals surface area contributed by atoms with Crippen molar-refractivity contribution in [1.29, 1.82) is 0 Å². The second kappa shape index (κ2) is 8.52. The van der Waals surface area contributed by atoms with Crippen LogP contribution < -0.4 is 5.32 Å². The van der Waals surface area contributed by atoms with Crippen LogP contribution in [0, 0.1) is 0 Å². The predicted molar refractivity (Wildman–Crippen MR) is 101 cm³/mol. The molecule has 2 aliphatic heterocycles. The minimum Gasteiger partial charge on any atom is -0.370 e. The lowest BCUT2D eigenvalue weighted by Gasteiger charge is -2.40. The van der Waals surface area contributed by atoms with E-state index in [1.165, 1.54) is 11.8 Å². The molecular formula is C19H29N3O2S. The highest BCUT2D eigenvalue weighted by molar-refractivity contribution is 8.00. The van der Waals surface area contributed by atoms with Crippen molar-refractivity contribution in [2.24, 2.45) is 0 Å². The van der Waals surface area contributed by atoms with Gasteiger partial charge in [0.25, 0.3) is 0 Å². The zero-order chi connectivity index (χ0) is 17.7. The fourth-order valence-corrected chi connectivity index (χ4v) is 4.43. The monoisotopic (exact) mass is 363 g/mol. The lowest BCUT2D eigenvalue weighted by molar-refractivity contribution is -0.120. The van der Waals surface area contributed by atoms with E-state index in [9.17, 15) is 4.79 Å². The number of hydrogen-bond donors (Lipinski definition) is 1. The molecule has 1 N–H and O–H groups in total. The topological polar surface area (TPSA) is 54.5 Å². The Morgan fingerprint density at radius 3 is 2.76 bits per heavy atom. The third-order valence-corrected chi connectivity index (χ3v) is 6.34. The van der Waals surface area contributed by atoms with Crippen LogP contribution in [0.25, 0.3) is 0 Å². The van der Waals surface area contributed by atoms with Crippen LogP contribution in [-0.2, 0) is 9.53 Å². The minimum absolute atomic E-state index is 0.0621. The summed E-state index contributed by atoms with van der Waals surface area (Å²) in [5, 5.41) is 3.03. The van der Waals surface area contributed by atoms with E-state index in [1.807, 2.05) is 12.1 Å². The Kier molecular flexibility index (Phi) is 6.36. The Morgan fingerprint density at radius 1 is 1.36 bits per heavy atom. The Labute approximate surface area is 154 Å². The Balaban J connectivity index is 1.36. The van der Waals surface area contributed by atoms with Crippen molar-refractivity contribution in [3.8, 4) is 0 Å². The molecule has 5 nitrogen and oxygen atoms in total. The average molecular weight is 364 g/mol. The van der Waals surface area contributed by atoms with Gasteiger partial charge in [0.2, 0.25) is 5.91 Å². The first-order valence-electron chi connectivity index (χ1n) is 9.28. The number of likely N-dealkylation sites (tertiary alicyclic amines) is 1. The maximum atomic E-state index is 12.0. The van der Waals surface area contributed by atoms with E-state index in [0.29, 0.717) is 18.3 Å². The summed E-state index contributed by atoms with van der Waals surface area (Å²) in [5.74, 6) is 0.506. The highest BCUT2D eigenvalue weighted by Gasteiger charge is 2.42. The molecule has 0 aliphatic carbocycles. The van der Waals surface area contributed by atoms with Crippen molar-refractivity contribution in [2.75, 3.05) is 25.4 Å². The maximum absolute atomic E-state index is 12.0. The quantitative estimate of drug-likeness (QED) is 0.788. The van der Waals surface area contributed by atoms with Crippen LogP contribution in [-0.4, -0.2) is 58.9 Å². The van der Waals surface area contributed by atoms with Gasteiger partial charge in [0.05, 0.1) is 17.5 Å². The number of carbonyl (C=O) groups excluding carboxylic acids is 1. The molecular weight excluding hydrogens is 334 g/mol. The zero-order valence-corrected chi connectivity index (χ0v) is 16.1. The van der Waals surface area contributed by atoms with Gasteiger partial charge in [-0.1, -0.05) is 0 Å². The van der Waals surface area contributed by atoms with Crippen LogP contribution in [0.3, 0.4) is 0 Å². The van der Waals surface area contributed by atoms with Crippen LogP contribution in [0.1, 0.15) is 39.5 Å². The number of rotatable bonds is 6. The van der Waals surface area contributed by atoms with E-state index < -0.39 is 0 Å². The summed E-state index contributed by atoms with van der Waals surface area (Å²) in [6, 6.07) is 4.46. The van der Waals surface area contributed by atoms with Crippen LogP contribution >= 0.6 is 11.8 Å². The molecule has 3 heterocycles. The molecule has 138 valence electrons. The molecule has 1 amide bonds. The average Bonchev–Trinajstić information content (AvgIpc) is 3.02. The summed E-state index contributed by atoms with van der Waals surface area (Å²) in [6.07, 6.45) is 8.08. The molecule has 1 spiro atoms. The highest BCUT2D eigenvalue weighted by atomic mass is 32.2. The van der Waals surface area contributed by atoms with Gasteiger partial charge >= 0.3 is 0 Å². The van der Waals surface area contributed by atoms with Gasteiger partial charge < -0.3 is 15.0 Å². The predicted octanol–water partition coefficient (Wildman–Crippen LogP) is 2.71. The van der Waals surface area contributed by atoms with E-state index in [-0.39, 0.29) is 17.6 Å². The van der Waals surface area contributed by atoms with Crippen molar-refractivity contribution in [1.82, 2.24) is 15.2 Å². The van der Waals surface area contributed by atoms with Gasteiger partial charge in [-0.25, -0.2) is 0 Å². The SMILES string of the molecule is CC(C)N1CCC2(CC[C@@H](CNC(=O)CSc3ccncc3)O2)CC1. The molecule has 1 aromatic rings. The first-order chi connectivity index (χ1) is 12.1.